The number of amidine groups is 1. The molecule has 0 saturated heterocycles. The quantitative estimate of drug-likeness (QED) is 0.393. The van der Waals surface area contributed by atoms with Crippen LogP contribution < -0.4 is 5.73 Å². The number of aromatic nitrogens is 1. The van der Waals surface area contributed by atoms with Crippen LogP contribution in [0.5, 0.6) is 0 Å². The van der Waals surface area contributed by atoms with Crippen LogP contribution in [0.2, 0.25) is 10.0 Å². The minimum atomic E-state index is -0.000960. The highest BCUT2D eigenvalue weighted by molar-refractivity contribution is 7.99. The predicted octanol–water partition coefficient (Wildman–Crippen LogP) is 3.63. The van der Waals surface area contributed by atoms with Gasteiger partial charge in [-0.3, -0.25) is 0 Å². The van der Waals surface area contributed by atoms with Gasteiger partial charge in [0, 0.05) is 21.7 Å². The molecule has 0 fully saturated rings. The van der Waals surface area contributed by atoms with Crippen molar-refractivity contribution in [3.8, 4) is 0 Å². The molecule has 2 aromatic rings. The van der Waals surface area contributed by atoms with E-state index in [0.29, 0.717) is 15.6 Å². The Morgan fingerprint density at radius 3 is 2.58 bits per heavy atom. The van der Waals surface area contributed by atoms with Gasteiger partial charge < -0.3 is 10.9 Å². The standard InChI is InChI=1S/C12H9Cl2N3OS/c13-7-1-3-10(9(5-7)12(15)17-18)19-11-4-2-8(14)6-16-11/h1-6,18H,(H2,15,17). The fraction of sp³-hybridized carbons (Fsp3) is 0. The highest BCUT2D eigenvalue weighted by Crippen LogP contribution is 2.31. The molecular weight excluding hydrogens is 305 g/mol. The molecule has 19 heavy (non-hydrogen) atoms. The number of nitrogens with zero attached hydrogens (tertiary/aromatic N) is 2. The lowest BCUT2D eigenvalue weighted by molar-refractivity contribution is 0.318. The van der Waals surface area contributed by atoms with Crippen LogP contribution in [-0.2, 0) is 0 Å². The molecule has 0 aliphatic heterocycles. The fourth-order valence-electron chi connectivity index (χ4n) is 1.38. The molecule has 2 rings (SSSR count). The summed E-state index contributed by atoms with van der Waals surface area (Å²) in [6, 6.07) is 8.69. The molecule has 7 heteroatoms. The van der Waals surface area contributed by atoms with E-state index in [4.69, 9.17) is 34.1 Å². The monoisotopic (exact) mass is 313 g/mol. The minimum absolute atomic E-state index is 0.000960. The second-order valence-corrected chi connectivity index (χ2v) is 5.48. The van der Waals surface area contributed by atoms with Crippen molar-refractivity contribution in [2.75, 3.05) is 0 Å². The van der Waals surface area contributed by atoms with Crippen molar-refractivity contribution in [3.63, 3.8) is 0 Å². The first-order valence-electron chi connectivity index (χ1n) is 5.17. The summed E-state index contributed by atoms with van der Waals surface area (Å²) in [7, 11) is 0. The lowest BCUT2D eigenvalue weighted by atomic mass is 10.2. The first kappa shape index (κ1) is 14.0. The van der Waals surface area contributed by atoms with Gasteiger partial charge in [0.25, 0.3) is 0 Å². The highest BCUT2D eigenvalue weighted by atomic mass is 35.5. The van der Waals surface area contributed by atoms with Gasteiger partial charge in [-0.15, -0.1) is 0 Å². The Hall–Kier alpha value is -1.43. The molecular formula is C12H9Cl2N3OS. The number of oxime groups is 1. The first-order valence-corrected chi connectivity index (χ1v) is 6.74. The molecule has 0 spiro atoms. The van der Waals surface area contributed by atoms with Crippen molar-refractivity contribution in [1.29, 1.82) is 0 Å². The van der Waals surface area contributed by atoms with Crippen LogP contribution >= 0.6 is 35.0 Å². The predicted molar refractivity (Wildman–Crippen MR) is 77.3 cm³/mol. The molecule has 0 aliphatic carbocycles. The zero-order valence-corrected chi connectivity index (χ0v) is 11.9. The summed E-state index contributed by atoms with van der Waals surface area (Å²) in [4.78, 5) is 4.96. The molecule has 98 valence electrons. The van der Waals surface area contributed by atoms with E-state index in [-0.39, 0.29) is 5.84 Å². The van der Waals surface area contributed by atoms with Crippen LogP contribution in [-0.4, -0.2) is 16.0 Å². The Balaban J connectivity index is 2.37. The van der Waals surface area contributed by atoms with Crippen LogP contribution in [0.25, 0.3) is 0 Å². The van der Waals surface area contributed by atoms with Crippen molar-refractivity contribution in [2.45, 2.75) is 9.92 Å². The SMILES string of the molecule is NC(=NO)c1cc(Cl)ccc1Sc1ccc(Cl)cn1. The number of benzene rings is 1. The van der Waals surface area contributed by atoms with Gasteiger partial charge in [0.1, 0.15) is 5.03 Å². The maximum absolute atomic E-state index is 8.78. The van der Waals surface area contributed by atoms with Gasteiger partial charge in [0.15, 0.2) is 5.84 Å². The Morgan fingerprint density at radius 1 is 1.21 bits per heavy atom. The topological polar surface area (TPSA) is 71.5 Å². The van der Waals surface area contributed by atoms with Crippen molar-refractivity contribution >= 4 is 40.8 Å². The van der Waals surface area contributed by atoms with Crippen molar-refractivity contribution in [3.05, 3.63) is 52.1 Å². The van der Waals surface area contributed by atoms with E-state index in [1.807, 2.05) is 0 Å². The third-order valence-electron chi connectivity index (χ3n) is 2.24. The molecule has 0 aliphatic rings. The molecule has 0 amide bonds. The van der Waals surface area contributed by atoms with Crippen LogP contribution in [0.1, 0.15) is 5.56 Å². The van der Waals surface area contributed by atoms with Crippen molar-refractivity contribution in [2.24, 2.45) is 10.9 Å². The summed E-state index contributed by atoms with van der Waals surface area (Å²) in [5.74, 6) is -0.000960. The van der Waals surface area contributed by atoms with Gasteiger partial charge >= 0.3 is 0 Å². The fourth-order valence-corrected chi connectivity index (χ4v) is 2.54. The lowest BCUT2D eigenvalue weighted by Crippen LogP contribution is -2.14. The average Bonchev–Trinajstić information content (AvgIpc) is 2.42. The molecule has 0 saturated carbocycles. The van der Waals surface area contributed by atoms with Gasteiger partial charge in [-0.1, -0.05) is 40.1 Å². The zero-order chi connectivity index (χ0) is 13.8. The van der Waals surface area contributed by atoms with Crippen molar-refractivity contribution < 1.29 is 5.21 Å². The summed E-state index contributed by atoms with van der Waals surface area (Å²) >= 11 is 13.1. The summed E-state index contributed by atoms with van der Waals surface area (Å²) in [6.07, 6.45) is 1.56. The average molecular weight is 314 g/mol. The maximum atomic E-state index is 8.78. The zero-order valence-electron chi connectivity index (χ0n) is 9.55. The summed E-state index contributed by atoms with van der Waals surface area (Å²) < 4.78 is 0. The smallest absolute Gasteiger partial charge is 0.171 e. The maximum Gasteiger partial charge on any atom is 0.171 e. The molecule has 4 nitrogen and oxygen atoms in total. The molecule has 0 radical (unpaired) electrons. The minimum Gasteiger partial charge on any atom is -0.409 e. The molecule has 1 heterocycles. The Morgan fingerprint density at radius 2 is 1.95 bits per heavy atom. The Labute approximate surface area is 124 Å². The van der Waals surface area contributed by atoms with Gasteiger partial charge in [0.2, 0.25) is 0 Å². The third-order valence-corrected chi connectivity index (χ3v) is 3.73. The Kier molecular flexibility index (Phi) is 4.52. The van der Waals surface area contributed by atoms with Gasteiger partial charge in [-0.05, 0) is 30.3 Å². The lowest BCUT2D eigenvalue weighted by Gasteiger charge is -2.08. The van der Waals surface area contributed by atoms with E-state index in [1.54, 1.807) is 36.5 Å². The molecule has 1 aromatic carbocycles. The van der Waals surface area contributed by atoms with E-state index in [1.165, 1.54) is 11.8 Å². The van der Waals surface area contributed by atoms with Gasteiger partial charge in [0.05, 0.1) is 5.02 Å². The van der Waals surface area contributed by atoms with E-state index < -0.39 is 0 Å². The molecule has 0 unspecified atom stereocenters. The van der Waals surface area contributed by atoms with Crippen LogP contribution in [0.3, 0.4) is 0 Å². The largest absolute Gasteiger partial charge is 0.409 e. The second kappa shape index (κ2) is 6.14. The van der Waals surface area contributed by atoms with E-state index in [0.717, 1.165) is 9.92 Å². The number of nitrogens with two attached hydrogens (primary N) is 1. The number of hydrogen-bond donors (Lipinski definition) is 2. The van der Waals surface area contributed by atoms with Crippen LogP contribution in [0.15, 0.2) is 51.6 Å². The highest BCUT2D eigenvalue weighted by Gasteiger charge is 2.10. The van der Waals surface area contributed by atoms with Crippen LogP contribution in [0.4, 0.5) is 0 Å². The number of halogens is 2. The normalized spacial score (nSPS) is 11.6. The summed E-state index contributed by atoms with van der Waals surface area (Å²) in [5.41, 5.74) is 6.18. The third kappa shape index (κ3) is 3.53. The number of pyridine rings is 1. The number of rotatable bonds is 3. The van der Waals surface area contributed by atoms with Gasteiger partial charge in [-0.25, -0.2) is 4.98 Å². The first-order chi connectivity index (χ1) is 9.10. The molecule has 1 aromatic heterocycles. The molecule has 0 bridgehead atoms. The van der Waals surface area contributed by atoms with E-state index in [2.05, 4.69) is 10.1 Å². The van der Waals surface area contributed by atoms with Crippen molar-refractivity contribution in [1.82, 2.24) is 4.98 Å². The van der Waals surface area contributed by atoms with E-state index >= 15 is 0 Å². The number of hydrogen-bond acceptors (Lipinski definition) is 4. The second-order valence-electron chi connectivity index (χ2n) is 3.54. The van der Waals surface area contributed by atoms with Crippen LogP contribution in [0, 0.1) is 0 Å². The van der Waals surface area contributed by atoms with E-state index in [9.17, 15) is 0 Å². The summed E-state index contributed by atoms with van der Waals surface area (Å²) in [5, 5.41) is 13.6. The Bertz CT molecular complexity index is 617. The summed E-state index contributed by atoms with van der Waals surface area (Å²) in [6.45, 7) is 0. The van der Waals surface area contributed by atoms with Gasteiger partial charge in [-0.2, -0.15) is 0 Å². The molecule has 0 atom stereocenters. The molecule has 3 N–H and O–H groups in total.